The van der Waals surface area contributed by atoms with Crippen molar-refractivity contribution >= 4 is 58.1 Å². The van der Waals surface area contributed by atoms with Crippen molar-refractivity contribution in [3.63, 3.8) is 0 Å². The lowest BCUT2D eigenvalue weighted by Gasteiger charge is -2.12. The second kappa shape index (κ2) is 12.2. The van der Waals surface area contributed by atoms with Crippen LogP contribution in [-0.2, 0) is 19.1 Å². The highest BCUT2D eigenvalue weighted by Gasteiger charge is 2.36. The van der Waals surface area contributed by atoms with E-state index in [2.05, 4.69) is 10.6 Å². The molecule has 0 radical (unpaired) electrons. The summed E-state index contributed by atoms with van der Waals surface area (Å²) in [5.41, 5.74) is 3.98. The number of thioether (sulfide) groups is 1. The Bertz CT molecular complexity index is 1470. The Kier molecular flexibility index (Phi) is 8.57. The van der Waals surface area contributed by atoms with Gasteiger partial charge in [0.1, 0.15) is 6.54 Å². The second-order valence-corrected chi connectivity index (χ2v) is 9.79. The number of nitrogens with one attached hydrogen (secondary N) is 2. The van der Waals surface area contributed by atoms with Crippen molar-refractivity contribution in [2.24, 2.45) is 0 Å². The maximum atomic E-state index is 12.8. The molecule has 0 aliphatic carbocycles. The molecule has 0 aromatic heterocycles. The molecule has 4 amide bonds. The highest BCUT2D eigenvalue weighted by Crippen LogP contribution is 2.32. The highest BCUT2D eigenvalue weighted by atomic mass is 32.2. The van der Waals surface area contributed by atoms with Gasteiger partial charge in [0.05, 0.1) is 10.5 Å². The van der Waals surface area contributed by atoms with Crippen LogP contribution in [0.25, 0.3) is 6.08 Å². The third kappa shape index (κ3) is 7.42. The molecule has 198 valence electrons. The minimum Gasteiger partial charge on any atom is -0.452 e. The van der Waals surface area contributed by atoms with Crippen LogP contribution < -0.4 is 10.6 Å². The van der Waals surface area contributed by atoms with Crippen LogP contribution in [0.2, 0.25) is 0 Å². The Morgan fingerprint density at radius 1 is 0.846 bits per heavy atom. The Labute approximate surface area is 229 Å². The molecule has 9 nitrogen and oxygen atoms in total. The molecule has 0 saturated carbocycles. The van der Waals surface area contributed by atoms with Crippen LogP contribution in [0, 0.1) is 13.8 Å². The first-order chi connectivity index (χ1) is 18.7. The number of carbonyl (C=O) groups excluding carboxylic acids is 5. The van der Waals surface area contributed by atoms with Gasteiger partial charge in [-0.2, -0.15) is 0 Å². The number of hydrogen-bond acceptors (Lipinski definition) is 7. The van der Waals surface area contributed by atoms with Gasteiger partial charge in [0.2, 0.25) is 5.91 Å². The van der Waals surface area contributed by atoms with Gasteiger partial charge in [-0.3, -0.25) is 24.1 Å². The molecule has 1 heterocycles. The number of ether oxygens (including phenoxy) is 1. The Morgan fingerprint density at radius 3 is 2.23 bits per heavy atom. The molecule has 3 aromatic carbocycles. The summed E-state index contributed by atoms with van der Waals surface area (Å²) in [5.74, 6) is -2.21. The zero-order valence-electron chi connectivity index (χ0n) is 21.2. The number of anilines is 2. The predicted molar refractivity (Wildman–Crippen MR) is 149 cm³/mol. The minimum atomic E-state index is -0.680. The van der Waals surface area contributed by atoms with Gasteiger partial charge in [0, 0.05) is 11.4 Å². The summed E-state index contributed by atoms with van der Waals surface area (Å²) in [7, 11) is 0. The molecule has 2 N–H and O–H groups in total. The molecule has 1 saturated heterocycles. The molecule has 4 rings (SSSR count). The van der Waals surface area contributed by atoms with E-state index in [1.807, 2.05) is 32.0 Å². The van der Waals surface area contributed by atoms with Crippen LogP contribution in [0.1, 0.15) is 27.0 Å². The van der Waals surface area contributed by atoms with Crippen LogP contribution in [0.5, 0.6) is 0 Å². The third-order valence-corrected chi connectivity index (χ3v) is 6.50. The van der Waals surface area contributed by atoms with Gasteiger partial charge in [0.25, 0.3) is 17.1 Å². The van der Waals surface area contributed by atoms with Gasteiger partial charge in [-0.05, 0) is 79.2 Å². The van der Waals surface area contributed by atoms with Gasteiger partial charge in [0.15, 0.2) is 6.61 Å². The largest absolute Gasteiger partial charge is 0.452 e. The zero-order valence-corrected chi connectivity index (χ0v) is 22.0. The van der Waals surface area contributed by atoms with E-state index in [9.17, 15) is 24.0 Å². The Balaban J connectivity index is 1.30. The minimum absolute atomic E-state index is 0.159. The van der Waals surface area contributed by atoms with Crippen molar-refractivity contribution < 1.29 is 28.7 Å². The second-order valence-electron chi connectivity index (χ2n) is 8.80. The maximum absolute atomic E-state index is 12.8. The average molecular weight is 544 g/mol. The number of hydrogen-bond donors (Lipinski definition) is 2. The first-order valence-corrected chi connectivity index (χ1v) is 12.8. The average Bonchev–Trinajstić information content (AvgIpc) is 3.16. The molecule has 39 heavy (non-hydrogen) atoms. The molecule has 0 atom stereocenters. The number of carbonyl (C=O) groups is 5. The first kappa shape index (κ1) is 27.3. The maximum Gasteiger partial charge on any atom is 0.338 e. The number of aryl methyl sites for hydroxylation is 2. The lowest BCUT2D eigenvalue weighted by molar-refractivity contribution is -0.127. The third-order valence-electron chi connectivity index (χ3n) is 5.59. The van der Waals surface area contributed by atoms with E-state index in [-0.39, 0.29) is 10.5 Å². The quantitative estimate of drug-likeness (QED) is 0.310. The van der Waals surface area contributed by atoms with E-state index in [4.69, 9.17) is 4.74 Å². The summed E-state index contributed by atoms with van der Waals surface area (Å²) < 4.78 is 5.08. The fraction of sp³-hybridized carbons (Fsp3) is 0.138. The molecule has 0 spiro atoms. The summed E-state index contributed by atoms with van der Waals surface area (Å²) >= 11 is 0.733. The van der Waals surface area contributed by atoms with Gasteiger partial charge in [-0.15, -0.1) is 0 Å². The molecule has 3 aromatic rings. The lowest BCUT2D eigenvalue weighted by atomic mass is 10.1. The number of benzene rings is 3. The van der Waals surface area contributed by atoms with E-state index >= 15 is 0 Å². The molecular weight excluding hydrogens is 518 g/mol. The van der Waals surface area contributed by atoms with Crippen molar-refractivity contribution in [1.29, 1.82) is 0 Å². The van der Waals surface area contributed by atoms with Crippen LogP contribution in [-0.4, -0.2) is 47.0 Å². The Hall–Kier alpha value is -4.70. The first-order valence-electron chi connectivity index (χ1n) is 11.9. The summed E-state index contributed by atoms with van der Waals surface area (Å²) in [5, 5.41) is 4.78. The fourth-order valence-electron chi connectivity index (χ4n) is 3.62. The number of esters is 1. The molecule has 1 fully saturated rings. The SMILES string of the molecule is Cc1ccc(NC(=O)COC(=O)c2ccc(C=C3SC(=O)N(CC(=O)Nc4cccc(C)c4)C3=O)cc2)cc1. The van der Waals surface area contributed by atoms with E-state index in [1.54, 1.807) is 42.5 Å². The van der Waals surface area contributed by atoms with Crippen molar-refractivity contribution in [3.8, 4) is 0 Å². The summed E-state index contributed by atoms with van der Waals surface area (Å²) in [6.07, 6.45) is 1.51. The van der Waals surface area contributed by atoms with E-state index in [0.717, 1.165) is 27.8 Å². The summed E-state index contributed by atoms with van der Waals surface area (Å²) in [4.78, 5) is 62.9. The van der Waals surface area contributed by atoms with E-state index in [1.165, 1.54) is 18.2 Å². The number of amides is 4. The van der Waals surface area contributed by atoms with Crippen molar-refractivity contribution in [3.05, 3.63) is 100.0 Å². The van der Waals surface area contributed by atoms with E-state index < -0.39 is 42.1 Å². The molecule has 0 bridgehead atoms. The van der Waals surface area contributed by atoms with Crippen LogP contribution in [0.4, 0.5) is 16.2 Å². The molecule has 0 unspecified atom stereocenters. The smallest absolute Gasteiger partial charge is 0.338 e. The van der Waals surface area contributed by atoms with Crippen molar-refractivity contribution in [2.75, 3.05) is 23.8 Å². The predicted octanol–water partition coefficient (Wildman–Crippen LogP) is 4.77. The van der Waals surface area contributed by atoms with Crippen molar-refractivity contribution in [1.82, 2.24) is 4.90 Å². The van der Waals surface area contributed by atoms with Crippen LogP contribution >= 0.6 is 11.8 Å². The standard InChI is InChI=1S/C29H25N3O6S/c1-18-6-12-22(13-7-18)30-26(34)17-38-28(36)21-10-8-20(9-11-21)15-24-27(35)32(29(37)39-24)16-25(33)31-23-5-3-4-19(2)14-23/h3-15H,16-17H2,1-2H3,(H,30,34)(H,31,33). The summed E-state index contributed by atoms with van der Waals surface area (Å²) in [6.45, 7) is 2.97. The normalized spacial score (nSPS) is 13.9. The van der Waals surface area contributed by atoms with E-state index in [0.29, 0.717) is 16.9 Å². The number of nitrogens with zero attached hydrogens (tertiary/aromatic N) is 1. The lowest BCUT2D eigenvalue weighted by Crippen LogP contribution is -2.36. The molecule has 1 aliphatic rings. The topological polar surface area (TPSA) is 122 Å². The van der Waals surface area contributed by atoms with Gasteiger partial charge in [-0.25, -0.2) is 4.79 Å². The monoisotopic (exact) mass is 543 g/mol. The summed E-state index contributed by atoms with van der Waals surface area (Å²) in [6, 6.07) is 20.6. The fourth-order valence-corrected chi connectivity index (χ4v) is 4.46. The number of imide groups is 1. The van der Waals surface area contributed by atoms with Gasteiger partial charge < -0.3 is 15.4 Å². The molecule has 10 heteroatoms. The van der Waals surface area contributed by atoms with Gasteiger partial charge in [-0.1, -0.05) is 42.0 Å². The molecule has 1 aliphatic heterocycles. The number of rotatable bonds is 8. The zero-order chi connectivity index (χ0) is 27.9. The van der Waals surface area contributed by atoms with Crippen LogP contribution in [0.3, 0.4) is 0 Å². The van der Waals surface area contributed by atoms with Crippen LogP contribution in [0.15, 0.2) is 77.7 Å². The highest BCUT2D eigenvalue weighted by molar-refractivity contribution is 8.18. The Morgan fingerprint density at radius 2 is 1.54 bits per heavy atom. The van der Waals surface area contributed by atoms with Gasteiger partial charge >= 0.3 is 5.97 Å². The van der Waals surface area contributed by atoms with Crippen molar-refractivity contribution in [2.45, 2.75) is 13.8 Å². The molecular formula is C29H25N3O6S.